The number of hydrogen-bond donors (Lipinski definition) is 1. The van der Waals surface area contributed by atoms with E-state index in [1.807, 2.05) is 25.1 Å². The molecule has 19 heavy (non-hydrogen) atoms. The number of halogens is 1. The first-order valence-electron chi connectivity index (χ1n) is 6.54. The van der Waals surface area contributed by atoms with E-state index in [0.29, 0.717) is 5.56 Å². The predicted molar refractivity (Wildman–Crippen MR) is 79.3 cm³/mol. The summed E-state index contributed by atoms with van der Waals surface area (Å²) >= 11 is 0. The van der Waals surface area contributed by atoms with Crippen LogP contribution in [-0.2, 0) is 0 Å². The molecule has 0 aliphatic carbocycles. The zero-order valence-electron chi connectivity index (χ0n) is 11.6. The van der Waals surface area contributed by atoms with Gasteiger partial charge >= 0.3 is 0 Å². The Kier molecular flexibility index (Phi) is 6.46. The molecule has 0 amide bonds. The van der Waals surface area contributed by atoms with Crippen molar-refractivity contribution in [2.75, 3.05) is 19.6 Å². The van der Waals surface area contributed by atoms with Crippen molar-refractivity contribution in [1.29, 1.82) is 0 Å². The van der Waals surface area contributed by atoms with Gasteiger partial charge in [0, 0.05) is 31.2 Å². The van der Waals surface area contributed by atoms with Crippen molar-refractivity contribution in [3.05, 3.63) is 61.0 Å². The van der Waals surface area contributed by atoms with E-state index < -0.39 is 0 Å². The van der Waals surface area contributed by atoms with Crippen LogP contribution in [0.25, 0.3) is 0 Å². The lowest BCUT2D eigenvalue weighted by molar-refractivity contribution is 0.261. The molecule has 2 unspecified atom stereocenters. The summed E-state index contributed by atoms with van der Waals surface area (Å²) in [6, 6.07) is 6.39. The largest absolute Gasteiger partial charge is 0.324 e. The predicted octanol–water partition coefficient (Wildman–Crippen LogP) is 3.14. The van der Waals surface area contributed by atoms with E-state index in [0.717, 1.165) is 19.6 Å². The molecule has 1 aromatic carbocycles. The average molecular weight is 262 g/mol. The molecule has 0 saturated carbocycles. The zero-order valence-corrected chi connectivity index (χ0v) is 11.6. The fraction of sp³-hybridized carbons (Fsp3) is 0.375. The van der Waals surface area contributed by atoms with Crippen molar-refractivity contribution in [2.45, 2.75) is 13.0 Å². The van der Waals surface area contributed by atoms with Gasteiger partial charge in [-0.05, 0) is 12.0 Å². The van der Waals surface area contributed by atoms with Gasteiger partial charge in [0.15, 0.2) is 0 Å². The normalized spacial score (nSPS) is 14.1. The number of benzene rings is 1. The summed E-state index contributed by atoms with van der Waals surface area (Å²) in [4.78, 5) is 2.19. The molecule has 0 aromatic heterocycles. The molecular weight excluding hydrogens is 239 g/mol. The van der Waals surface area contributed by atoms with Crippen LogP contribution in [0.4, 0.5) is 4.39 Å². The summed E-state index contributed by atoms with van der Waals surface area (Å²) in [5.74, 6) is -0.0855. The number of nitrogens with two attached hydrogens (primary N) is 1. The van der Waals surface area contributed by atoms with Crippen LogP contribution in [0.1, 0.15) is 18.5 Å². The summed E-state index contributed by atoms with van der Waals surface area (Å²) in [5, 5.41) is 0. The molecule has 0 aliphatic rings. The Morgan fingerprint density at radius 2 is 1.84 bits per heavy atom. The number of rotatable bonds is 8. The van der Waals surface area contributed by atoms with E-state index in [9.17, 15) is 4.39 Å². The molecular formula is C16H23FN2. The Morgan fingerprint density at radius 1 is 1.26 bits per heavy atom. The quantitative estimate of drug-likeness (QED) is 0.729. The van der Waals surface area contributed by atoms with Crippen molar-refractivity contribution < 1.29 is 4.39 Å². The molecule has 1 aromatic rings. The second kappa shape index (κ2) is 7.87. The summed E-state index contributed by atoms with van der Waals surface area (Å²) < 4.78 is 13.7. The highest BCUT2D eigenvalue weighted by Gasteiger charge is 2.19. The Labute approximate surface area is 115 Å². The molecule has 1 rings (SSSR count). The van der Waals surface area contributed by atoms with Gasteiger partial charge in [-0.2, -0.15) is 0 Å². The minimum atomic E-state index is -0.307. The Hall–Kier alpha value is -1.45. The van der Waals surface area contributed by atoms with Crippen molar-refractivity contribution in [3.8, 4) is 0 Å². The lowest BCUT2D eigenvalue weighted by atomic mass is 9.94. The van der Waals surface area contributed by atoms with Gasteiger partial charge in [0.1, 0.15) is 5.82 Å². The van der Waals surface area contributed by atoms with Crippen molar-refractivity contribution in [3.63, 3.8) is 0 Å². The second-order valence-corrected chi connectivity index (χ2v) is 4.82. The van der Waals surface area contributed by atoms with Crippen LogP contribution in [0, 0.1) is 11.7 Å². The molecule has 0 aliphatic heterocycles. The average Bonchev–Trinajstić information content (AvgIpc) is 2.39. The zero-order chi connectivity index (χ0) is 14.3. The minimum Gasteiger partial charge on any atom is -0.324 e. The molecule has 2 N–H and O–H groups in total. The summed E-state index contributed by atoms with van der Waals surface area (Å²) in [6.45, 7) is 11.9. The maximum Gasteiger partial charge on any atom is 0.127 e. The van der Waals surface area contributed by atoms with Gasteiger partial charge in [-0.25, -0.2) is 4.39 Å². The molecule has 3 heteroatoms. The first kappa shape index (κ1) is 15.6. The van der Waals surface area contributed by atoms with Gasteiger partial charge in [0.05, 0.1) is 0 Å². The molecule has 0 heterocycles. The van der Waals surface area contributed by atoms with Crippen LogP contribution >= 0.6 is 0 Å². The maximum atomic E-state index is 13.7. The lowest BCUT2D eigenvalue weighted by Crippen LogP contribution is -2.34. The fourth-order valence-corrected chi connectivity index (χ4v) is 2.16. The van der Waals surface area contributed by atoms with Crippen LogP contribution in [0.15, 0.2) is 49.6 Å². The van der Waals surface area contributed by atoms with E-state index in [4.69, 9.17) is 5.73 Å². The highest BCUT2D eigenvalue weighted by atomic mass is 19.1. The van der Waals surface area contributed by atoms with Crippen LogP contribution in [0.2, 0.25) is 0 Å². The second-order valence-electron chi connectivity index (χ2n) is 4.82. The van der Waals surface area contributed by atoms with Gasteiger partial charge in [-0.1, -0.05) is 37.3 Å². The summed E-state index contributed by atoms with van der Waals surface area (Å²) in [5.41, 5.74) is 6.74. The van der Waals surface area contributed by atoms with E-state index in [2.05, 4.69) is 18.1 Å². The SMILES string of the molecule is C=CCN(CC=C)CC(C)C(N)c1ccccc1F. The molecule has 2 nitrogen and oxygen atoms in total. The maximum absolute atomic E-state index is 13.7. The molecule has 0 saturated heterocycles. The molecule has 104 valence electrons. The van der Waals surface area contributed by atoms with E-state index in [1.54, 1.807) is 12.1 Å². The van der Waals surface area contributed by atoms with Crippen molar-refractivity contribution in [1.82, 2.24) is 4.90 Å². The topological polar surface area (TPSA) is 29.3 Å². The third-order valence-corrected chi connectivity index (χ3v) is 3.20. The smallest absolute Gasteiger partial charge is 0.127 e. The van der Waals surface area contributed by atoms with E-state index >= 15 is 0 Å². The number of hydrogen-bond acceptors (Lipinski definition) is 2. The first-order valence-corrected chi connectivity index (χ1v) is 6.54. The third-order valence-electron chi connectivity index (χ3n) is 3.20. The van der Waals surface area contributed by atoms with Crippen LogP contribution in [-0.4, -0.2) is 24.5 Å². The van der Waals surface area contributed by atoms with Gasteiger partial charge in [0.25, 0.3) is 0 Å². The first-order chi connectivity index (χ1) is 9.10. The van der Waals surface area contributed by atoms with Gasteiger partial charge < -0.3 is 5.73 Å². The standard InChI is InChI=1S/C16H23FN2/c1-4-10-19(11-5-2)12-13(3)16(18)14-8-6-7-9-15(14)17/h4-9,13,16H,1-2,10-12,18H2,3H3. The van der Waals surface area contributed by atoms with Crippen molar-refractivity contribution in [2.24, 2.45) is 11.7 Å². The third kappa shape index (κ3) is 4.62. The van der Waals surface area contributed by atoms with E-state index in [-0.39, 0.29) is 17.8 Å². The van der Waals surface area contributed by atoms with Gasteiger partial charge in [-0.3, -0.25) is 4.90 Å². The Bertz CT molecular complexity index is 407. The van der Waals surface area contributed by atoms with Crippen LogP contribution < -0.4 is 5.73 Å². The van der Waals surface area contributed by atoms with Gasteiger partial charge in [-0.15, -0.1) is 13.2 Å². The Balaban J connectivity index is 2.70. The van der Waals surface area contributed by atoms with Crippen LogP contribution in [0.5, 0.6) is 0 Å². The summed E-state index contributed by atoms with van der Waals surface area (Å²) in [6.07, 6.45) is 3.70. The molecule has 0 radical (unpaired) electrons. The Morgan fingerprint density at radius 3 is 2.37 bits per heavy atom. The molecule has 0 fully saturated rings. The lowest BCUT2D eigenvalue weighted by Gasteiger charge is -2.27. The monoisotopic (exact) mass is 262 g/mol. The highest BCUT2D eigenvalue weighted by Crippen LogP contribution is 2.22. The van der Waals surface area contributed by atoms with Crippen LogP contribution in [0.3, 0.4) is 0 Å². The molecule has 0 bridgehead atoms. The molecule has 2 atom stereocenters. The molecule has 0 spiro atoms. The minimum absolute atomic E-state index is 0.150. The van der Waals surface area contributed by atoms with Crippen molar-refractivity contribution >= 4 is 0 Å². The van der Waals surface area contributed by atoms with E-state index in [1.165, 1.54) is 6.07 Å². The summed E-state index contributed by atoms with van der Waals surface area (Å²) in [7, 11) is 0. The number of nitrogens with zero attached hydrogens (tertiary/aromatic N) is 1. The fourth-order valence-electron chi connectivity index (χ4n) is 2.16. The highest BCUT2D eigenvalue weighted by molar-refractivity contribution is 5.21. The van der Waals surface area contributed by atoms with Gasteiger partial charge in [0.2, 0.25) is 0 Å².